The molecule has 0 saturated heterocycles. The topological polar surface area (TPSA) is 113 Å². The number of hydrogen-bond donors (Lipinski definition) is 3. The number of anilines is 3. The fraction of sp³-hybridized carbons (Fsp3) is 0.130. The van der Waals surface area contributed by atoms with Gasteiger partial charge in [-0.3, -0.25) is 19.7 Å². The first-order chi connectivity index (χ1) is 15.0. The molecular weight excluding hydrogens is 396 g/mol. The molecule has 0 radical (unpaired) electrons. The zero-order valence-corrected chi connectivity index (χ0v) is 16.9. The van der Waals surface area contributed by atoms with E-state index in [-0.39, 0.29) is 30.5 Å². The summed E-state index contributed by atoms with van der Waals surface area (Å²) in [6.45, 7) is 2.04. The van der Waals surface area contributed by atoms with Gasteiger partial charge in [0.25, 0.3) is 11.6 Å². The van der Waals surface area contributed by atoms with Gasteiger partial charge in [-0.15, -0.1) is 0 Å². The third-order valence-electron chi connectivity index (χ3n) is 4.66. The van der Waals surface area contributed by atoms with Gasteiger partial charge in [-0.05, 0) is 42.8 Å². The molecule has 0 atom stereocenters. The van der Waals surface area contributed by atoms with Crippen LogP contribution in [-0.4, -0.2) is 23.3 Å². The molecular formula is C23H22N4O4. The first-order valence-corrected chi connectivity index (χ1v) is 9.69. The first-order valence-electron chi connectivity index (χ1n) is 9.69. The van der Waals surface area contributed by atoms with Gasteiger partial charge in [0.1, 0.15) is 5.69 Å². The number of nitro groups is 1. The van der Waals surface area contributed by atoms with Gasteiger partial charge >= 0.3 is 0 Å². The van der Waals surface area contributed by atoms with Crippen LogP contribution < -0.4 is 16.0 Å². The molecule has 8 heteroatoms. The smallest absolute Gasteiger partial charge is 0.292 e. The zero-order valence-electron chi connectivity index (χ0n) is 16.9. The normalized spacial score (nSPS) is 10.2. The zero-order chi connectivity index (χ0) is 22.2. The number of rotatable bonds is 8. The van der Waals surface area contributed by atoms with Crippen molar-refractivity contribution in [1.29, 1.82) is 0 Å². The Hall–Kier alpha value is -4.20. The van der Waals surface area contributed by atoms with Crippen molar-refractivity contribution < 1.29 is 14.5 Å². The van der Waals surface area contributed by atoms with Crippen molar-refractivity contribution >= 4 is 34.6 Å². The van der Waals surface area contributed by atoms with Crippen LogP contribution in [0.2, 0.25) is 0 Å². The largest absolute Gasteiger partial charge is 0.379 e. The van der Waals surface area contributed by atoms with Gasteiger partial charge in [0, 0.05) is 36.0 Å². The number of amides is 2. The summed E-state index contributed by atoms with van der Waals surface area (Å²) in [5.74, 6) is -0.485. The predicted octanol–water partition coefficient (Wildman–Crippen LogP) is 4.60. The van der Waals surface area contributed by atoms with E-state index in [0.717, 1.165) is 5.56 Å². The van der Waals surface area contributed by atoms with Gasteiger partial charge in [-0.25, -0.2) is 0 Å². The van der Waals surface area contributed by atoms with E-state index in [2.05, 4.69) is 16.0 Å². The lowest BCUT2D eigenvalue weighted by atomic mass is 10.1. The van der Waals surface area contributed by atoms with Gasteiger partial charge in [0.15, 0.2) is 0 Å². The van der Waals surface area contributed by atoms with E-state index in [1.54, 1.807) is 60.7 Å². The minimum Gasteiger partial charge on any atom is -0.379 e. The number of nitro benzene ring substituents is 1. The van der Waals surface area contributed by atoms with Crippen molar-refractivity contribution in [3.05, 3.63) is 94.0 Å². The Morgan fingerprint density at radius 1 is 0.839 bits per heavy atom. The third-order valence-corrected chi connectivity index (χ3v) is 4.66. The molecule has 0 heterocycles. The summed E-state index contributed by atoms with van der Waals surface area (Å²) in [7, 11) is 0. The highest BCUT2D eigenvalue weighted by molar-refractivity contribution is 6.05. The van der Waals surface area contributed by atoms with Crippen LogP contribution >= 0.6 is 0 Å². The quantitative estimate of drug-likeness (QED) is 0.366. The van der Waals surface area contributed by atoms with E-state index < -0.39 is 4.92 Å². The summed E-state index contributed by atoms with van der Waals surface area (Å²) in [6, 6.07) is 20.4. The predicted molar refractivity (Wildman–Crippen MR) is 120 cm³/mol. The number of benzene rings is 3. The lowest BCUT2D eigenvalue weighted by Gasteiger charge is -2.14. The highest BCUT2D eigenvalue weighted by Gasteiger charge is 2.13. The van der Waals surface area contributed by atoms with Crippen LogP contribution in [-0.2, 0) is 4.79 Å². The number of nitrogens with zero attached hydrogens (tertiary/aromatic N) is 1. The van der Waals surface area contributed by atoms with E-state index >= 15 is 0 Å². The maximum atomic E-state index is 12.4. The van der Waals surface area contributed by atoms with Crippen LogP contribution in [0.3, 0.4) is 0 Å². The summed E-state index contributed by atoms with van der Waals surface area (Å²) in [5, 5.41) is 19.7. The second kappa shape index (κ2) is 10.0. The Morgan fingerprint density at radius 2 is 1.45 bits per heavy atom. The molecule has 31 heavy (non-hydrogen) atoms. The van der Waals surface area contributed by atoms with Gasteiger partial charge in [-0.1, -0.05) is 36.4 Å². The average Bonchev–Trinajstić information content (AvgIpc) is 2.77. The van der Waals surface area contributed by atoms with Gasteiger partial charge in [0.05, 0.1) is 4.92 Å². The highest BCUT2D eigenvalue weighted by Crippen LogP contribution is 2.25. The molecule has 0 aliphatic carbocycles. The standard InChI is InChI=1S/C23H22N4O4/c1-16-18(11-7-12-19(16)26-23(29)17-8-3-2-4-9-17)25-22(28)14-15-24-20-10-5-6-13-21(20)27(30)31/h2-13,24H,14-15H2,1H3,(H,25,28)(H,26,29). The van der Waals surface area contributed by atoms with Crippen LogP contribution in [0, 0.1) is 17.0 Å². The second-order valence-corrected chi connectivity index (χ2v) is 6.80. The molecule has 0 saturated carbocycles. The minimum absolute atomic E-state index is 0.0411. The lowest BCUT2D eigenvalue weighted by molar-refractivity contribution is -0.384. The Balaban J connectivity index is 1.59. The Morgan fingerprint density at radius 3 is 2.16 bits per heavy atom. The Bertz CT molecular complexity index is 1100. The molecule has 0 fully saturated rings. The molecule has 0 aliphatic heterocycles. The fourth-order valence-electron chi connectivity index (χ4n) is 3.00. The monoisotopic (exact) mass is 418 g/mol. The Kier molecular flexibility index (Phi) is 6.95. The van der Waals surface area contributed by atoms with E-state index in [9.17, 15) is 19.7 Å². The van der Waals surface area contributed by atoms with E-state index in [4.69, 9.17) is 0 Å². The summed E-state index contributed by atoms with van der Waals surface area (Å²) >= 11 is 0. The molecule has 0 unspecified atom stereocenters. The maximum Gasteiger partial charge on any atom is 0.292 e. The molecule has 0 bridgehead atoms. The summed E-state index contributed by atoms with van der Waals surface area (Å²) in [6.07, 6.45) is 0.117. The van der Waals surface area contributed by atoms with Crippen LogP contribution in [0.15, 0.2) is 72.8 Å². The number of carbonyl (C=O) groups is 2. The van der Waals surface area contributed by atoms with Crippen molar-refractivity contribution in [1.82, 2.24) is 0 Å². The van der Waals surface area contributed by atoms with Crippen molar-refractivity contribution in [2.24, 2.45) is 0 Å². The average molecular weight is 418 g/mol. The van der Waals surface area contributed by atoms with Crippen LogP contribution in [0.1, 0.15) is 22.3 Å². The lowest BCUT2D eigenvalue weighted by Crippen LogP contribution is -2.18. The second-order valence-electron chi connectivity index (χ2n) is 6.80. The van der Waals surface area contributed by atoms with Crippen LogP contribution in [0.4, 0.5) is 22.7 Å². The van der Waals surface area contributed by atoms with Crippen LogP contribution in [0.5, 0.6) is 0 Å². The minimum atomic E-state index is -0.471. The molecule has 8 nitrogen and oxygen atoms in total. The Labute approximate surface area is 179 Å². The SMILES string of the molecule is Cc1c(NC(=O)CCNc2ccccc2[N+](=O)[O-])cccc1NC(=O)c1ccccc1. The van der Waals surface area contributed by atoms with Crippen molar-refractivity contribution in [2.45, 2.75) is 13.3 Å². The molecule has 3 rings (SSSR count). The highest BCUT2D eigenvalue weighted by atomic mass is 16.6. The van der Waals surface area contributed by atoms with Gasteiger partial charge in [-0.2, -0.15) is 0 Å². The number of para-hydroxylation sites is 2. The molecule has 2 amide bonds. The number of nitrogens with one attached hydrogen (secondary N) is 3. The molecule has 3 N–H and O–H groups in total. The molecule has 3 aromatic rings. The van der Waals surface area contributed by atoms with E-state index in [0.29, 0.717) is 22.6 Å². The van der Waals surface area contributed by atoms with Crippen LogP contribution in [0.25, 0.3) is 0 Å². The fourth-order valence-corrected chi connectivity index (χ4v) is 3.00. The number of carbonyl (C=O) groups excluding carboxylic acids is 2. The van der Waals surface area contributed by atoms with E-state index in [1.165, 1.54) is 6.07 Å². The molecule has 3 aromatic carbocycles. The third kappa shape index (κ3) is 5.66. The summed E-state index contributed by atoms with van der Waals surface area (Å²) in [5.41, 5.74) is 2.78. The maximum absolute atomic E-state index is 12.4. The van der Waals surface area contributed by atoms with Crippen molar-refractivity contribution in [3.8, 4) is 0 Å². The van der Waals surface area contributed by atoms with Crippen molar-refractivity contribution in [3.63, 3.8) is 0 Å². The van der Waals surface area contributed by atoms with E-state index in [1.807, 2.05) is 13.0 Å². The first kappa shape index (κ1) is 21.5. The molecule has 158 valence electrons. The molecule has 0 aromatic heterocycles. The summed E-state index contributed by atoms with van der Waals surface area (Å²) in [4.78, 5) is 35.3. The number of hydrogen-bond acceptors (Lipinski definition) is 5. The van der Waals surface area contributed by atoms with Crippen molar-refractivity contribution in [2.75, 3.05) is 22.5 Å². The summed E-state index contributed by atoms with van der Waals surface area (Å²) < 4.78 is 0. The van der Waals surface area contributed by atoms with Gasteiger partial charge in [0.2, 0.25) is 5.91 Å². The van der Waals surface area contributed by atoms with Gasteiger partial charge < -0.3 is 16.0 Å². The molecule has 0 aliphatic rings. The molecule has 0 spiro atoms.